The van der Waals surface area contributed by atoms with E-state index < -0.39 is 11.6 Å². The summed E-state index contributed by atoms with van der Waals surface area (Å²) in [5.41, 5.74) is 2.23. The normalized spacial score (nSPS) is 13.2. The first kappa shape index (κ1) is 23.5. The van der Waals surface area contributed by atoms with Crippen molar-refractivity contribution in [1.82, 2.24) is 0 Å². The van der Waals surface area contributed by atoms with Crippen LogP contribution < -0.4 is 0 Å². The topological polar surface area (TPSA) is 52.8 Å². The number of benzene rings is 4. The molecule has 172 valence electrons. The van der Waals surface area contributed by atoms with E-state index in [4.69, 9.17) is 4.99 Å². The molecule has 3 heteroatoms. The average molecular weight is 450 g/mol. The number of hydrogen-bond acceptors (Lipinski definition) is 3. The molecule has 0 aliphatic rings. The van der Waals surface area contributed by atoms with Crippen molar-refractivity contribution in [3.63, 3.8) is 0 Å². The van der Waals surface area contributed by atoms with Crippen LogP contribution >= 0.6 is 0 Å². The molecule has 0 fully saturated rings. The van der Waals surface area contributed by atoms with Gasteiger partial charge in [-0.1, -0.05) is 124 Å². The van der Waals surface area contributed by atoms with E-state index >= 15 is 0 Å². The Bertz CT molecular complexity index is 1200. The molecule has 0 bridgehead atoms. The summed E-state index contributed by atoms with van der Waals surface area (Å²) in [4.78, 5) is 4.94. The van der Waals surface area contributed by atoms with Crippen LogP contribution in [-0.4, -0.2) is 16.4 Å². The van der Waals surface area contributed by atoms with E-state index in [1.165, 1.54) is 0 Å². The third-order valence-corrected chi connectivity index (χ3v) is 6.18. The number of nitrogens with zero attached hydrogens (tertiary/aromatic N) is 1. The molecule has 0 unspecified atom stereocenters. The van der Waals surface area contributed by atoms with Crippen molar-refractivity contribution in [3.8, 4) is 5.75 Å². The highest BCUT2D eigenvalue weighted by atomic mass is 16.3. The molecular formula is C31H31NO2. The minimum atomic E-state index is -1.42. The van der Waals surface area contributed by atoms with Crippen molar-refractivity contribution >= 4 is 6.21 Å². The summed E-state index contributed by atoms with van der Waals surface area (Å²) >= 11 is 0. The highest BCUT2D eigenvalue weighted by Gasteiger charge is 2.41. The highest BCUT2D eigenvalue weighted by molar-refractivity contribution is 5.84. The second-order valence-corrected chi connectivity index (χ2v) is 9.58. The average Bonchev–Trinajstić information content (AvgIpc) is 2.86. The van der Waals surface area contributed by atoms with Crippen LogP contribution in [-0.2, 0) is 11.0 Å². The summed E-state index contributed by atoms with van der Waals surface area (Å²) in [5, 5.41) is 23.4. The Kier molecular flexibility index (Phi) is 6.67. The van der Waals surface area contributed by atoms with E-state index in [2.05, 4.69) is 20.8 Å². The molecular weight excluding hydrogens is 418 g/mol. The Morgan fingerprint density at radius 1 is 0.676 bits per heavy atom. The van der Waals surface area contributed by atoms with Crippen molar-refractivity contribution < 1.29 is 10.2 Å². The lowest BCUT2D eigenvalue weighted by atomic mass is 9.77. The molecule has 0 amide bonds. The van der Waals surface area contributed by atoms with Crippen molar-refractivity contribution in [1.29, 1.82) is 0 Å². The van der Waals surface area contributed by atoms with E-state index in [0.29, 0.717) is 5.56 Å². The van der Waals surface area contributed by atoms with Gasteiger partial charge >= 0.3 is 0 Å². The number of aliphatic hydroxyl groups is 1. The van der Waals surface area contributed by atoms with E-state index in [1.54, 1.807) is 6.21 Å². The highest BCUT2D eigenvalue weighted by Crippen LogP contribution is 2.43. The van der Waals surface area contributed by atoms with Gasteiger partial charge in [0.05, 0.1) is 0 Å². The number of aromatic hydroxyl groups is 1. The Hall–Kier alpha value is -3.69. The van der Waals surface area contributed by atoms with Gasteiger partial charge in [0.1, 0.15) is 17.4 Å². The summed E-state index contributed by atoms with van der Waals surface area (Å²) < 4.78 is 0. The number of phenolic OH excluding ortho intramolecular Hbond substituents is 1. The standard InChI is InChI=1S/C31H31NO2/c1-30(2,3)27-21-13-16-24(28(27)33)22-32-29(23-14-7-4-8-15-23)31(34,25-17-9-5-10-18-25)26-19-11-6-12-20-26/h4-22,29,33-34H,1-3H3/t29-/m1/s1. The van der Waals surface area contributed by atoms with Crippen LogP contribution in [0.4, 0.5) is 0 Å². The van der Waals surface area contributed by atoms with Gasteiger partial charge in [0.15, 0.2) is 0 Å². The van der Waals surface area contributed by atoms with Crippen LogP contribution in [0, 0.1) is 0 Å². The lowest BCUT2D eigenvalue weighted by Crippen LogP contribution is -2.34. The zero-order valence-electron chi connectivity index (χ0n) is 19.9. The Balaban J connectivity index is 1.90. The molecule has 0 saturated carbocycles. The summed E-state index contributed by atoms with van der Waals surface area (Å²) in [6.07, 6.45) is 1.68. The minimum absolute atomic E-state index is 0.207. The van der Waals surface area contributed by atoms with Crippen molar-refractivity contribution in [2.45, 2.75) is 37.8 Å². The minimum Gasteiger partial charge on any atom is -0.507 e. The molecule has 3 nitrogen and oxygen atoms in total. The van der Waals surface area contributed by atoms with Gasteiger partial charge in [0.25, 0.3) is 0 Å². The first-order valence-corrected chi connectivity index (χ1v) is 11.6. The van der Waals surface area contributed by atoms with Crippen LogP contribution in [0.5, 0.6) is 5.75 Å². The van der Waals surface area contributed by atoms with Gasteiger partial charge < -0.3 is 10.2 Å². The number of phenols is 1. The van der Waals surface area contributed by atoms with Crippen LogP contribution in [0.15, 0.2) is 114 Å². The fourth-order valence-corrected chi connectivity index (χ4v) is 4.36. The Morgan fingerprint density at radius 3 is 1.68 bits per heavy atom. The third kappa shape index (κ3) is 4.66. The predicted octanol–water partition coefficient (Wildman–Crippen LogP) is 6.79. The molecule has 4 aromatic carbocycles. The third-order valence-electron chi connectivity index (χ3n) is 6.18. The van der Waals surface area contributed by atoms with Gasteiger partial charge in [0, 0.05) is 11.8 Å². The molecule has 0 heterocycles. The van der Waals surface area contributed by atoms with Crippen LogP contribution in [0.3, 0.4) is 0 Å². The largest absolute Gasteiger partial charge is 0.507 e. The number of para-hydroxylation sites is 1. The monoisotopic (exact) mass is 449 g/mol. The molecule has 0 aromatic heterocycles. The second-order valence-electron chi connectivity index (χ2n) is 9.58. The number of rotatable bonds is 6. The van der Waals surface area contributed by atoms with Crippen LogP contribution in [0.25, 0.3) is 0 Å². The van der Waals surface area contributed by atoms with Crippen molar-refractivity contribution in [3.05, 3.63) is 137 Å². The van der Waals surface area contributed by atoms with E-state index in [9.17, 15) is 10.2 Å². The van der Waals surface area contributed by atoms with Crippen molar-refractivity contribution in [2.75, 3.05) is 0 Å². The summed E-state index contributed by atoms with van der Waals surface area (Å²) in [7, 11) is 0. The smallest absolute Gasteiger partial charge is 0.141 e. The maximum atomic E-state index is 12.4. The second kappa shape index (κ2) is 9.66. The molecule has 0 aliphatic carbocycles. The number of aliphatic imine (C=N–C) groups is 1. The SMILES string of the molecule is CC(C)(C)c1cccc(C=N[C@H](c2ccccc2)C(O)(c2ccccc2)c2ccccc2)c1O. The molecule has 4 aromatic rings. The first-order valence-electron chi connectivity index (χ1n) is 11.6. The van der Waals surface area contributed by atoms with Gasteiger partial charge in [-0.05, 0) is 33.7 Å². The van der Waals surface area contributed by atoms with E-state index in [1.807, 2.05) is 109 Å². The Labute approximate surface area is 202 Å². The molecule has 0 saturated heterocycles. The first-order chi connectivity index (χ1) is 16.3. The zero-order chi connectivity index (χ0) is 24.2. The molecule has 34 heavy (non-hydrogen) atoms. The lowest BCUT2D eigenvalue weighted by molar-refractivity contribution is 0.0523. The van der Waals surface area contributed by atoms with Gasteiger partial charge in [-0.2, -0.15) is 0 Å². The molecule has 0 spiro atoms. The van der Waals surface area contributed by atoms with E-state index in [0.717, 1.165) is 22.3 Å². The quantitative estimate of drug-likeness (QED) is 0.319. The summed E-state index contributed by atoms with van der Waals surface area (Å²) in [5.74, 6) is 0.216. The van der Waals surface area contributed by atoms with Gasteiger partial charge in [-0.3, -0.25) is 4.99 Å². The van der Waals surface area contributed by atoms with Crippen molar-refractivity contribution in [2.24, 2.45) is 4.99 Å². The van der Waals surface area contributed by atoms with Crippen LogP contribution in [0.1, 0.15) is 54.6 Å². The van der Waals surface area contributed by atoms with Gasteiger partial charge in [-0.15, -0.1) is 0 Å². The Morgan fingerprint density at radius 2 is 1.18 bits per heavy atom. The van der Waals surface area contributed by atoms with E-state index in [-0.39, 0.29) is 11.2 Å². The number of hydrogen-bond donors (Lipinski definition) is 2. The van der Waals surface area contributed by atoms with Crippen LogP contribution in [0.2, 0.25) is 0 Å². The maximum absolute atomic E-state index is 12.4. The maximum Gasteiger partial charge on any atom is 0.141 e. The zero-order valence-corrected chi connectivity index (χ0v) is 19.9. The molecule has 2 N–H and O–H groups in total. The summed E-state index contributed by atoms with van der Waals surface area (Å²) in [6.45, 7) is 6.21. The van der Waals surface area contributed by atoms with Gasteiger partial charge in [0.2, 0.25) is 0 Å². The molecule has 4 rings (SSSR count). The molecule has 1 atom stereocenters. The lowest BCUT2D eigenvalue weighted by Gasteiger charge is -2.35. The predicted molar refractivity (Wildman–Crippen MR) is 139 cm³/mol. The summed E-state index contributed by atoms with van der Waals surface area (Å²) in [6, 6.07) is 34.2. The molecule has 0 radical (unpaired) electrons. The fraction of sp³-hybridized carbons (Fsp3) is 0.194. The molecule has 0 aliphatic heterocycles. The van der Waals surface area contributed by atoms with Gasteiger partial charge in [-0.25, -0.2) is 0 Å². The fourth-order valence-electron chi connectivity index (χ4n) is 4.36.